The highest BCUT2D eigenvalue weighted by atomic mass is 32.1. The van der Waals surface area contributed by atoms with Crippen molar-refractivity contribution in [2.75, 3.05) is 0 Å². The molecule has 3 nitrogen and oxygen atoms in total. The molecule has 1 aromatic carbocycles. The van der Waals surface area contributed by atoms with E-state index in [0.717, 1.165) is 17.1 Å². The van der Waals surface area contributed by atoms with Crippen molar-refractivity contribution in [1.29, 1.82) is 0 Å². The molecule has 0 aliphatic carbocycles. The standard InChI is InChI=1S/C15H14F2N2OS/c1-9(11-3-5-13(16)14(17)7-11)18-15(20)6-4-12-8-21-10(2)19-12/h3-9H,1-2H3,(H,18,20)/b6-4+. The van der Waals surface area contributed by atoms with Crippen LogP contribution in [0.25, 0.3) is 6.08 Å². The number of thiazole rings is 1. The number of carbonyl (C=O) groups is 1. The highest BCUT2D eigenvalue weighted by Crippen LogP contribution is 2.16. The number of aromatic nitrogens is 1. The average Bonchev–Trinajstić information content (AvgIpc) is 2.85. The van der Waals surface area contributed by atoms with Gasteiger partial charge in [-0.1, -0.05) is 6.07 Å². The summed E-state index contributed by atoms with van der Waals surface area (Å²) < 4.78 is 26.0. The predicted octanol–water partition coefficient (Wildman–Crippen LogP) is 3.62. The zero-order chi connectivity index (χ0) is 15.4. The molecule has 6 heteroatoms. The van der Waals surface area contributed by atoms with E-state index in [1.54, 1.807) is 13.0 Å². The molecule has 0 bridgehead atoms. The maximum Gasteiger partial charge on any atom is 0.244 e. The molecule has 1 amide bonds. The first-order valence-corrected chi connectivity index (χ1v) is 7.19. The van der Waals surface area contributed by atoms with Gasteiger partial charge in [0.15, 0.2) is 11.6 Å². The predicted molar refractivity (Wildman–Crippen MR) is 78.8 cm³/mol. The summed E-state index contributed by atoms with van der Waals surface area (Å²) in [7, 11) is 0. The van der Waals surface area contributed by atoms with Crippen molar-refractivity contribution >= 4 is 23.3 Å². The molecule has 110 valence electrons. The van der Waals surface area contributed by atoms with E-state index in [9.17, 15) is 13.6 Å². The van der Waals surface area contributed by atoms with E-state index in [4.69, 9.17) is 0 Å². The van der Waals surface area contributed by atoms with Gasteiger partial charge in [-0.15, -0.1) is 11.3 Å². The maximum atomic E-state index is 13.1. The fraction of sp³-hybridized carbons (Fsp3) is 0.200. The minimum Gasteiger partial charge on any atom is -0.346 e. The molecule has 0 spiro atoms. The first kappa shape index (κ1) is 15.3. The third-order valence-electron chi connectivity index (χ3n) is 2.84. The summed E-state index contributed by atoms with van der Waals surface area (Å²) in [6.45, 7) is 3.58. The average molecular weight is 308 g/mol. The Kier molecular flexibility index (Phi) is 4.80. The molecule has 2 rings (SSSR count). The molecule has 0 aliphatic heterocycles. The molecule has 0 saturated carbocycles. The van der Waals surface area contributed by atoms with Crippen molar-refractivity contribution in [3.8, 4) is 0 Å². The monoisotopic (exact) mass is 308 g/mol. The second-order valence-corrected chi connectivity index (χ2v) is 5.59. The third-order valence-corrected chi connectivity index (χ3v) is 3.64. The number of rotatable bonds is 4. The largest absolute Gasteiger partial charge is 0.346 e. The smallest absolute Gasteiger partial charge is 0.244 e. The summed E-state index contributed by atoms with van der Waals surface area (Å²) in [5, 5.41) is 5.45. The van der Waals surface area contributed by atoms with E-state index >= 15 is 0 Å². The van der Waals surface area contributed by atoms with Gasteiger partial charge in [0.1, 0.15) is 0 Å². The normalized spacial score (nSPS) is 12.6. The quantitative estimate of drug-likeness (QED) is 0.877. The minimum absolute atomic E-state index is 0.321. The third kappa shape index (κ3) is 4.19. The number of carbonyl (C=O) groups excluding carboxylic acids is 1. The Morgan fingerprint density at radius 3 is 2.76 bits per heavy atom. The van der Waals surface area contributed by atoms with Gasteiger partial charge in [0, 0.05) is 11.5 Å². The molecule has 1 N–H and O–H groups in total. The second kappa shape index (κ2) is 6.58. The van der Waals surface area contributed by atoms with Crippen LogP contribution in [0.1, 0.15) is 29.2 Å². The van der Waals surface area contributed by atoms with Crippen LogP contribution in [0.3, 0.4) is 0 Å². The number of hydrogen-bond acceptors (Lipinski definition) is 3. The molecule has 1 aromatic heterocycles. The number of hydrogen-bond donors (Lipinski definition) is 1. The lowest BCUT2D eigenvalue weighted by Gasteiger charge is -2.13. The molecule has 0 aliphatic rings. The summed E-state index contributed by atoms with van der Waals surface area (Å²) in [5.41, 5.74) is 1.22. The molecule has 0 fully saturated rings. The molecule has 21 heavy (non-hydrogen) atoms. The Labute approximate surface area is 125 Å². The lowest BCUT2D eigenvalue weighted by Crippen LogP contribution is -2.24. The fourth-order valence-electron chi connectivity index (χ4n) is 1.74. The Morgan fingerprint density at radius 1 is 1.38 bits per heavy atom. The van der Waals surface area contributed by atoms with Crippen molar-refractivity contribution in [3.63, 3.8) is 0 Å². The van der Waals surface area contributed by atoms with Crippen molar-refractivity contribution < 1.29 is 13.6 Å². The van der Waals surface area contributed by atoms with Crippen LogP contribution < -0.4 is 5.32 Å². The molecule has 1 heterocycles. The second-order valence-electron chi connectivity index (χ2n) is 4.53. The van der Waals surface area contributed by atoms with Crippen LogP contribution in [0.15, 0.2) is 29.7 Å². The maximum absolute atomic E-state index is 13.1. The highest BCUT2D eigenvalue weighted by Gasteiger charge is 2.10. The van der Waals surface area contributed by atoms with E-state index in [-0.39, 0.29) is 5.91 Å². The highest BCUT2D eigenvalue weighted by molar-refractivity contribution is 7.09. The fourth-order valence-corrected chi connectivity index (χ4v) is 2.33. The van der Waals surface area contributed by atoms with Gasteiger partial charge in [-0.05, 0) is 37.6 Å². The molecule has 1 atom stereocenters. The molecule has 1 unspecified atom stereocenters. The molecule has 0 saturated heterocycles. The topological polar surface area (TPSA) is 42.0 Å². The molecule has 2 aromatic rings. The molecular formula is C15H14F2N2OS. The van der Waals surface area contributed by atoms with Gasteiger partial charge >= 0.3 is 0 Å². The summed E-state index contributed by atoms with van der Waals surface area (Å²) in [6.07, 6.45) is 2.97. The lowest BCUT2D eigenvalue weighted by molar-refractivity contribution is -0.117. The van der Waals surface area contributed by atoms with Gasteiger partial charge in [-0.25, -0.2) is 13.8 Å². The van der Waals surface area contributed by atoms with Crippen LogP contribution in [-0.4, -0.2) is 10.9 Å². The SMILES string of the molecule is Cc1nc(/C=C/C(=O)NC(C)c2ccc(F)c(F)c2)cs1. The van der Waals surface area contributed by atoms with Crippen LogP contribution in [0.5, 0.6) is 0 Å². The summed E-state index contributed by atoms with van der Waals surface area (Å²) >= 11 is 1.50. The zero-order valence-corrected chi connectivity index (χ0v) is 12.4. The Hall–Kier alpha value is -2.08. The number of amides is 1. The van der Waals surface area contributed by atoms with E-state index in [1.165, 1.54) is 23.5 Å². The lowest BCUT2D eigenvalue weighted by atomic mass is 10.1. The van der Waals surface area contributed by atoms with Crippen LogP contribution in [0.2, 0.25) is 0 Å². The number of benzene rings is 1. The first-order chi connectivity index (χ1) is 9.95. The number of nitrogens with one attached hydrogen (secondary N) is 1. The van der Waals surface area contributed by atoms with E-state index in [2.05, 4.69) is 10.3 Å². The van der Waals surface area contributed by atoms with E-state index in [1.807, 2.05) is 12.3 Å². The zero-order valence-electron chi connectivity index (χ0n) is 11.6. The number of halogens is 2. The minimum atomic E-state index is -0.929. The van der Waals surface area contributed by atoms with E-state index in [0.29, 0.717) is 11.3 Å². The van der Waals surface area contributed by atoms with Crippen molar-refractivity contribution in [2.24, 2.45) is 0 Å². The number of aryl methyl sites for hydroxylation is 1. The Balaban J connectivity index is 1.98. The number of nitrogens with zero attached hydrogens (tertiary/aromatic N) is 1. The molecule has 0 radical (unpaired) electrons. The summed E-state index contributed by atoms with van der Waals surface area (Å²) in [6, 6.07) is 3.14. The van der Waals surface area contributed by atoms with Gasteiger partial charge in [0.2, 0.25) is 5.91 Å². The summed E-state index contributed by atoms with van der Waals surface area (Å²) in [5.74, 6) is -2.16. The Morgan fingerprint density at radius 2 is 2.14 bits per heavy atom. The first-order valence-electron chi connectivity index (χ1n) is 6.31. The van der Waals surface area contributed by atoms with Gasteiger partial charge in [-0.2, -0.15) is 0 Å². The van der Waals surface area contributed by atoms with Crippen molar-refractivity contribution in [1.82, 2.24) is 10.3 Å². The van der Waals surface area contributed by atoms with Crippen LogP contribution in [0.4, 0.5) is 8.78 Å². The molecular weight excluding hydrogens is 294 g/mol. The van der Waals surface area contributed by atoms with Gasteiger partial charge in [-0.3, -0.25) is 4.79 Å². The Bertz CT molecular complexity index is 682. The van der Waals surface area contributed by atoms with Crippen molar-refractivity contribution in [3.05, 3.63) is 57.6 Å². The van der Waals surface area contributed by atoms with Gasteiger partial charge in [0.25, 0.3) is 0 Å². The van der Waals surface area contributed by atoms with E-state index < -0.39 is 17.7 Å². The van der Waals surface area contributed by atoms with Gasteiger partial charge < -0.3 is 5.32 Å². The summed E-state index contributed by atoms with van der Waals surface area (Å²) in [4.78, 5) is 16.0. The van der Waals surface area contributed by atoms with Gasteiger partial charge in [0.05, 0.1) is 16.7 Å². The van der Waals surface area contributed by atoms with Crippen LogP contribution in [-0.2, 0) is 4.79 Å². The van der Waals surface area contributed by atoms with Crippen LogP contribution >= 0.6 is 11.3 Å². The van der Waals surface area contributed by atoms with Crippen LogP contribution in [0, 0.1) is 18.6 Å². The van der Waals surface area contributed by atoms with Crippen molar-refractivity contribution in [2.45, 2.75) is 19.9 Å².